The first-order chi connectivity index (χ1) is 9.38. The highest BCUT2D eigenvalue weighted by Crippen LogP contribution is 2.33. The van der Waals surface area contributed by atoms with Crippen molar-refractivity contribution in [3.8, 4) is 0 Å². The molecule has 0 radical (unpaired) electrons. The number of thiophene rings is 1. The number of aromatic carboxylic acids is 1. The minimum atomic E-state index is -1.06. The molecule has 1 heterocycles. The quantitative estimate of drug-likeness (QED) is 0.832. The van der Waals surface area contributed by atoms with Crippen molar-refractivity contribution in [2.24, 2.45) is 0 Å². The van der Waals surface area contributed by atoms with E-state index in [4.69, 9.17) is 28.9 Å². The summed E-state index contributed by atoms with van der Waals surface area (Å²) in [5.74, 6) is -1.06. The topological polar surface area (TPSA) is 66.6 Å². The summed E-state index contributed by atoms with van der Waals surface area (Å²) >= 11 is 13.5. The van der Waals surface area contributed by atoms with Crippen molar-refractivity contribution in [1.29, 1.82) is 0 Å². The summed E-state index contributed by atoms with van der Waals surface area (Å²) in [7, 11) is 1.78. The van der Waals surface area contributed by atoms with Gasteiger partial charge in [0.15, 0.2) is 0 Å². The fourth-order valence-corrected chi connectivity index (χ4v) is 3.43. The average molecular weight is 331 g/mol. The number of hydrogen-bond donors (Lipinski definition) is 2. The lowest BCUT2D eigenvalue weighted by atomic mass is 10.1. The molecule has 0 atom stereocenters. The summed E-state index contributed by atoms with van der Waals surface area (Å²) in [6, 6.07) is 6.65. The second kappa shape index (κ2) is 5.91. The maximum Gasteiger partial charge on any atom is 0.337 e. The molecular formula is C13H12Cl2N2O2S. The first kappa shape index (κ1) is 15.0. The van der Waals surface area contributed by atoms with Gasteiger partial charge in [0.05, 0.1) is 27.2 Å². The number of nitrogens with two attached hydrogens (primary N) is 1. The summed E-state index contributed by atoms with van der Waals surface area (Å²) in [6.45, 7) is 0.515. The van der Waals surface area contributed by atoms with Crippen LogP contribution in [0.2, 0.25) is 9.36 Å². The number of carbonyl (C=O) groups is 1. The van der Waals surface area contributed by atoms with Crippen LogP contribution >= 0.6 is 34.5 Å². The Morgan fingerprint density at radius 3 is 2.65 bits per heavy atom. The van der Waals surface area contributed by atoms with E-state index in [1.54, 1.807) is 24.1 Å². The van der Waals surface area contributed by atoms with Crippen LogP contribution in [0.5, 0.6) is 0 Å². The second-order valence-electron chi connectivity index (χ2n) is 4.27. The third-order valence-electron chi connectivity index (χ3n) is 2.72. The van der Waals surface area contributed by atoms with Crippen LogP contribution in [0.4, 0.5) is 11.4 Å². The molecule has 1 aromatic carbocycles. The van der Waals surface area contributed by atoms with Crippen molar-refractivity contribution in [3.63, 3.8) is 0 Å². The Morgan fingerprint density at radius 2 is 2.10 bits per heavy atom. The van der Waals surface area contributed by atoms with Gasteiger partial charge in [0.1, 0.15) is 0 Å². The lowest BCUT2D eigenvalue weighted by molar-refractivity contribution is 0.0697. The number of nitrogen functional groups attached to an aromatic ring is 1. The van der Waals surface area contributed by atoms with Gasteiger partial charge in [-0.25, -0.2) is 4.79 Å². The molecule has 106 valence electrons. The lowest BCUT2D eigenvalue weighted by Gasteiger charge is -2.22. The van der Waals surface area contributed by atoms with Crippen molar-refractivity contribution >= 4 is 51.9 Å². The van der Waals surface area contributed by atoms with Gasteiger partial charge in [-0.05, 0) is 24.3 Å². The highest BCUT2D eigenvalue weighted by Gasteiger charge is 2.18. The van der Waals surface area contributed by atoms with Gasteiger partial charge in [-0.3, -0.25) is 0 Å². The molecule has 4 nitrogen and oxygen atoms in total. The molecule has 0 fully saturated rings. The van der Waals surface area contributed by atoms with Crippen LogP contribution < -0.4 is 10.6 Å². The van der Waals surface area contributed by atoms with Gasteiger partial charge in [0.2, 0.25) is 0 Å². The number of nitrogens with zero attached hydrogens (tertiary/aromatic N) is 1. The van der Waals surface area contributed by atoms with Crippen LogP contribution in [-0.4, -0.2) is 18.1 Å². The summed E-state index contributed by atoms with van der Waals surface area (Å²) in [5.41, 5.74) is 6.49. The Hall–Kier alpha value is -1.43. The van der Waals surface area contributed by atoms with Crippen LogP contribution in [0.3, 0.4) is 0 Å². The summed E-state index contributed by atoms with van der Waals surface area (Å²) in [4.78, 5) is 14.1. The normalized spacial score (nSPS) is 10.6. The van der Waals surface area contributed by atoms with E-state index in [0.29, 0.717) is 27.3 Å². The molecular weight excluding hydrogens is 319 g/mol. The van der Waals surface area contributed by atoms with Crippen molar-refractivity contribution in [1.82, 2.24) is 0 Å². The number of anilines is 2. The van der Waals surface area contributed by atoms with Crippen LogP contribution in [0.25, 0.3) is 0 Å². The van der Waals surface area contributed by atoms with E-state index < -0.39 is 5.97 Å². The van der Waals surface area contributed by atoms with Gasteiger partial charge >= 0.3 is 5.97 Å². The molecule has 0 aliphatic heterocycles. The standard InChI is InChI=1S/C13H12Cl2N2O2S/c1-17(6-8-2-3-11(15)20-8)12-9(13(18)19)4-7(16)5-10(12)14/h2-5H,6,16H2,1H3,(H,18,19). The summed E-state index contributed by atoms with van der Waals surface area (Å²) in [5, 5.41) is 9.59. The fraction of sp³-hybridized carbons (Fsp3) is 0.154. The molecule has 1 aromatic heterocycles. The Labute approximate surface area is 130 Å². The molecule has 0 unspecified atom stereocenters. The Balaban J connectivity index is 2.38. The van der Waals surface area contributed by atoms with Crippen LogP contribution in [0, 0.1) is 0 Å². The SMILES string of the molecule is CN(Cc1ccc(Cl)s1)c1c(Cl)cc(N)cc1C(=O)O. The first-order valence-corrected chi connectivity index (χ1v) is 7.23. The van der Waals surface area contributed by atoms with Gasteiger partial charge in [-0.15, -0.1) is 11.3 Å². The second-order valence-corrected chi connectivity index (χ2v) is 6.47. The number of rotatable bonds is 4. The van der Waals surface area contributed by atoms with Gasteiger partial charge < -0.3 is 15.7 Å². The van der Waals surface area contributed by atoms with E-state index in [1.807, 2.05) is 6.07 Å². The van der Waals surface area contributed by atoms with Crippen molar-refractivity contribution in [3.05, 3.63) is 44.1 Å². The molecule has 0 amide bonds. The monoisotopic (exact) mass is 330 g/mol. The summed E-state index contributed by atoms with van der Waals surface area (Å²) in [6.07, 6.45) is 0. The number of halogens is 2. The van der Waals surface area contributed by atoms with E-state index in [0.717, 1.165) is 4.88 Å². The molecule has 0 saturated heterocycles. The fourth-order valence-electron chi connectivity index (χ4n) is 1.92. The molecule has 0 saturated carbocycles. The summed E-state index contributed by atoms with van der Waals surface area (Å²) < 4.78 is 0.690. The zero-order valence-corrected chi connectivity index (χ0v) is 12.9. The Kier molecular flexibility index (Phi) is 4.42. The minimum absolute atomic E-state index is 0.0835. The van der Waals surface area contributed by atoms with Crippen molar-refractivity contribution in [2.75, 3.05) is 17.7 Å². The maximum absolute atomic E-state index is 11.3. The van der Waals surface area contributed by atoms with Gasteiger partial charge in [0.25, 0.3) is 0 Å². The highest BCUT2D eigenvalue weighted by molar-refractivity contribution is 7.16. The van der Waals surface area contributed by atoms with Gasteiger partial charge in [-0.1, -0.05) is 23.2 Å². The van der Waals surface area contributed by atoms with E-state index >= 15 is 0 Å². The van der Waals surface area contributed by atoms with Gasteiger partial charge in [-0.2, -0.15) is 0 Å². The average Bonchev–Trinajstić information content (AvgIpc) is 2.73. The van der Waals surface area contributed by atoms with Crippen LogP contribution in [0.1, 0.15) is 15.2 Å². The minimum Gasteiger partial charge on any atom is -0.478 e. The van der Waals surface area contributed by atoms with Crippen molar-refractivity contribution < 1.29 is 9.90 Å². The molecule has 0 spiro atoms. The molecule has 0 aliphatic rings. The predicted octanol–water partition coefficient (Wildman–Crippen LogP) is 3.97. The molecule has 7 heteroatoms. The zero-order chi connectivity index (χ0) is 14.9. The number of hydrogen-bond acceptors (Lipinski definition) is 4. The van der Waals surface area contributed by atoms with Gasteiger partial charge in [0, 0.05) is 17.6 Å². The Bertz CT molecular complexity index is 658. The highest BCUT2D eigenvalue weighted by atomic mass is 35.5. The number of carboxylic acids is 1. The zero-order valence-electron chi connectivity index (χ0n) is 10.6. The number of carboxylic acid groups (broad SMARTS) is 1. The molecule has 2 aromatic rings. The van der Waals surface area contributed by atoms with E-state index in [-0.39, 0.29) is 5.56 Å². The molecule has 0 aliphatic carbocycles. The van der Waals surface area contributed by atoms with E-state index in [9.17, 15) is 9.90 Å². The molecule has 20 heavy (non-hydrogen) atoms. The molecule has 3 N–H and O–H groups in total. The maximum atomic E-state index is 11.3. The first-order valence-electron chi connectivity index (χ1n) is 5.66. The third kappa shape index (κ3) is 3.17. The molecule has 0 bridgehead atoms. The molecule has 2 rings (SSSR count). The third-order valence-corrected chi connectivity index (χ3v) is 4.22. The largest absolute Gasteiger partial charge is 0.478 e. The lowest BCUT2D eigenvalue weighted by Crippen LogP contribution is -2.19. The number of benzene rings is 1. The van der Waals surface area contributed by atoms with E-state index in [2.05, 4.69) is 0 Å². The smallest absolute Gasteiger partial charge is 0.337 e. The van der Waals surface area contributed by atoms with Crippen molar-refractivity contribution in [2.45, 2.75) is 6.54 Å². The van der Waals surface area contributed by atoms with Crippen LogP contribution in [0.15, 0.2) is 24.3 Å². The predicted molar refractivity (Wildman–Crippen MR) is 84.3 cm³/mol. The Morgan fingerprint density at radius 1 is 1.40 bits per heavy atom. The van der Waals surface area contributed by atoms with E-state index in [1.165, 1.54) is 17.4 Å². The van der Waals surface area contributed by atoms with Crippen LogP contribution in [-0.2, 0) is 6.54 Å².